The number of nitrogens with one attached hydrogen (secondary N) is 1. The minimum absolute atomic E-state index is 0.0827. The molecule has 2 atom stereocenters. The summed E-state index contributed by atoms with van der Waals surface area (Å²) in [4.78, 5) is 2.38. The van der Waals surface area contributed by atoms with E-state index in [9.17, 15) is 0 Å². The molecule has 30 heavy (non-hydrogen) atoms. The minimum Gasteiger partial charge on any atom is -0.422 e. The zero-order valence-electron chi connectivity index (χ0n) is 17.6. The molecule has 0 radical (unpaired) electrons. The highest BCUT2D eigenvalue weighted by molar-refractivity contribution is 5.20. The molecule has 6 nitrogen and oxygen atoms in total. The van der Waals surface area contributed by atoms with Gasteiger partial charge in [0.25, 0.3) is 0 Å². The molecule has 1 saturated heterocycles. The first kappa shape index (κ1) is 20.7. The highest BCUT2D eigenvalue weighted by Gasteiger charge is 2.34. The van der Waals surface area contributed by atoms with E-state index in [4.69, 9.17) is 10.2 Å². The second kappa shape index (κ2) is 9.51. The number of nitrogens with zero attached hydrogens (tertiary/aromatic N) is 3. The fourth-order valence-electron chi connectivity index (χ4n) is 4.08. The third-order valence-corrected chi connectivity index (χ3v) is 6.03. The summed E-state index contributed by atoms with van der Waals surface area (Å²) in [6.07, 6.45) is 3.29. The normalized spacial score (nSPS) is 17.7. The lowest BCUT2D eigenvalue weighted by atomic mass is 9.89. The molecule has 2 heterocycles. The Kier molecular flexibility index (Phi) is 6.57. The first-order chi connectivity index (χ1) is 14.7. The molecule has 0 bridgehead atoms. The highest BCUT2D eigenvalue weighted by atomic mass is 16.4. The van der Waals surface area contributed by atoms with Crippen molar-refractivity contribution in [1.82, 2.24) is 20.4 Å². The second-order valence-corrected chi connectivity index (χ2v) is 8.13. The van der Waals surface area contributed by atoms with Gasteiger partial charge < -0.3 is 15.5 Å². The van der Waals surface area contributed by atoms with Crippen LogP contribution in [-0.2, 0) is 18.4 Å². The molecular formula is C24H31N5O. The molecular weight excluding hydrogens is 374 g/mol. The molecule has 1 aliphatic heterocycles. The number of nitrogens with two attached hydrogens (primary N) is 1. The Morgan fingerprint density at radius 1 is 1.07 bits per heavy atom. The van der Waals surface area contributed by atoms with Gasteiger partial charge in [-0.3, -0.25) is 4.90 Å². The summed E-state index contributed by atoms with van der Waals surface area (Å²) in [5, 5.41) is 12.3. The molecule has 1 fully saturated rings. The van der Waals surface area contributed by atoms with Crippen LogP contribution in [0.1, 0.15) is 48.7 Å². The quantitative estimate of drug-likeness (QED) is 0.568. The molecule has 0 saturated carbocycles. The van der Waals surface area contributed by atoms with Crippen molar-refractivity contribution < 1.29 is 4.42 Å². The molecule has 1 aliphatic rings. The van der Waals surface area contributed by atoms with Crippen LogP contribution >= 0.6 is 0 Å². The van der Waals surface area contributed by atoms with Gasteiger partial charge in [0.15, 0.2) is 0 Å². The molecule has 1 aromatic heterocycles. The van der Waals surface area contributed by atoms with Crippen LogP contribution in [0.4, 0.5) is 0 Å². The highest BCUT2D eigenvalue weighted by Crippen LogP contribution is 2.30. The Labute approximate surface area is 178 Å². The van der Waals surface area contributed by atoms with E-state index >= 15 is 0 Å². The van der Waals surface area contributed by atoms with Gasteiger partial charge in [-0.2, -0.15) is 0 Å². The largest absolute Gasteiger partial charge is 0.422 e. The van der Waals surface area contributed by atoms with Crippen LogP contribution in [0.5, 0.6) is 0 Å². The molecule has 0 aliphatic carbocycles. The number of aryl methyl sites for hydroxylation is 1. The molecule has 4 rings (SSSR count). The predicted octanol–water partition coefficient (Wildman–Crippen LogP) is 3.41. The van der Waals surface area contributed by atoms with Gasteiger partial charge in [0.05, 0.1) is 11.6 Å². The molecule has 2 aromatic carbocycles. The maximum atomic E-state index is 6.76. The van der Waals surface area contributed by atoms with E-state index in [1.165, 1.54) is 11.1 Å². The third kappa shape index (κ3) is 4.78. The first-order valence-corrected chi connectivity index (χ1v) is 10.8. The smallest absolute Gasteiger partial charge is 0.236 e. The average Bonchev–Trinajstić information content (AvgIpc) is 3.49. The van der Waals surface area contributed by atoms with Crippen molar-refractivity contribution in [1.29, 1.82) is 0 Å². The van der Waals surface area contributed by atoms with Crippen molar-refractivity contribution in [2.24, 2.45) is 5.73 Å². The number of benzene rings is 2. The predicted molar refractivity (Wildman–Crippen MR) is 118 cm³/mol. The maximum absolute atomic E-state index is 6.76. The summed E-state index contributed by atoms with van der Waals surface area (Å²) < 4.78 is 6.26. The van der Waals surface area contributed by atoms with Gasteiger partial charge in [-0.05, 0) is 36.8 Å². The number of rotatable bonds is 9. The van der Waals surface area contributed by atoms with Crippen LogP contribution in [0, 0.1) is 0 Å². The minimum atomic E-state index is -0.667. The van der Waals surface area contributed by atoms with Crippen LogP contribution in [-0.4, -0.2) is 34.9 Å². The van der Waals surface area contributed by atoms with Crippen molar-refractivity contribution >= 4 is 0 Å². The lowest BCUT2D eigenvalue weighted by molar-refractivity contribution is 0.186. The summed E-state index contributed by atoms with van der Waals surface area (Å²) in [7, 11) is 0. The summed E-state index contributed by atoms with van der Waals surface area (Å²) in [6, 6.07) is 20.9. The SMILES string of the molecule is CC[C@@](N)(Cc1ccccc1)c1nnc(C(CCc2ccccc2)N2CCNC2)o1. The monoisotopic (exact) mass is 405 g/mol. The van der Waals surface area contributed by atoms with Crippen LogP contribution in [0.25, 0.3) is 0 Å². The van der Waals surface area contributed by atoms with Crippen molar-refractivity contribution in [2.45, 2.75) is 44.2 Å². The molecule has 0 amide bonds. The van der Waals surface area contributed by atoms with Crippen molar-refractivity contribution in [3.8, 4) is 0 Å². The van der Waals surface area contributed by atoms with Crippen LogP contribution in [0.15, 0.2) is 65.1 Å². The van der Waals surface area contributed by atoms with Crippen molar-refractivity contribution in [3.05, 3.63) is 83.6 Å². The molecule has 3 N–H and O–H groups in total. The van der Waals surface area contributed by atoms with Crippen LogP contribution < -0.4 is 11.1 Å². The zero-order chi connectivity index (χ0) is 20.8. The number of aromatic nitrogens is 2. The summed E-state index contributed by atoms with van der Waals surface area (Å²) >= 11 is 0. The van der Waals surface area contributed by atoms with Gasteiger partial charge in [0.2, 0.25) is 11.8 Å². The Balaban J connectivity index is 1.54. The van der Waals surface area contributed by atoms with Gasteiger partial charge in [0, 0.05) is 19.8 Å². The van der Waals surface area contributed by atoms with Gasteiger partial charge >= 0.3 is 0 Å². The summed E-state index contributed by atoms with van der Waals surface area (Å²) in [6.45, 7) is 4.86. The van der Waals surface area contributed by atoms with E-state index in [1.54, 1.807) is 0 Å². The van der Waals surface area contributed by atoms with Crippen molar-refractivity contribution in [3.63, 3.8) is 0 Å². The van der Waals surface area contributed by atoms with Gasteiger partial charge in [0.1, 0.15) is 0 Å². The fraction of sp³-hybridized carbons (Fsp3) is 0.417. The Morgan fingerprint density at radius 3 is 2.40 bits per heavy atom. The van der Waals surface area contributed by atoms with Crippen LogP contribution in [0.3, 0.4) is 0 Å². The van der Waals surface area contributed by atoms with E-state index in [0.29, 0.717) is 18.2 Å². The number of hydrogen-bond acceptors (Lipinski definition) is 6. The Bertz CT molecular complexity index is 908. The second-order valence-electron chi connectivity index (χ2n) is 8.13. The summed E-state index contributed by atoms with van der Waals surface area (Å²) in [5.41, 5.74) is 8.59. The van der Waals surface area contributed by atoms with Gasteiger partial charge in [-0.25, -0.2) is 0 Å². The van der Waals surface area contributed by atoms with E-state index in [0.717, 1.165) is 39.0 Å². The van der Waals surface area contributed by atoms with Crippen molar-refractivity contribution in [2.75, 3.05) is 19.8 Å². The topological polar surface area (TPSA) is 80.2 Å². The molecule has 6 heteroatoms. The van der Waals surface area contributed by atoms with E-state index in [-0.39, 0.29) is 6.04 Å². The van der Waals surface area contributed by atoms with E-state index in [2.05, 4.69) is 63.7 Å². The maximum Gasteiger partial charge on any atom is 0.236 e. The van der Waals surface area contributed by atoms with E-state index in [1.807, 2.05) is 24.3 Å². The van der Waals surface area contributed by atoms with Crippen LogP contribution in [0.2, 0.25) is 0 Å². The lowest BCUT2D eigenvalue weighted by Crippen LogP contribution is -2.38. The van der Waals surface area contributed by atoms with Gasteiger partial charge in [-0.1, -0.05) is 67.6 Å². The van der Waals surface area contributed by atoms with E-state index < -0.39 is 5.54 Å². The standard InChI is InChI=1S/C24H31N5O/c1-2-24(25,17-20-11-7-4-8-12-20)23-28-27-22(30-23)21(29-16-15-26-18-29)14-13-19-9-5-3-6-10-19/h3-12,21,26H,2,13-18,25H2,1H3/t21?,24-/m1/s1. The molecule has 158 valence electrons. The van der Waals surface area contributed by atoms with Gasteiger partial charge in [-0.15, -0.1) is 10.2 Å². The Hall–Kier alpha value is -2.54. The number of hydrogen-bond donors (Lipinski definition) is 2. The summed E-state index contributed by atoms with van der Waals surface area (Å²) in [5.74, 6) is 1.20. The molecule has 0 spiro atoms. The first-order valence-electron chi connectivity index (χ1n) is 10.8. The molecule has 3 aromatic rings. The zero-order valence-corrected chi connectivity index (χ0v) is 17.6. The fourth-order valence-corrected chi connectivity index (χ4v) is 4.08. The molecule has 1 unspecified atom stereocenters. The Morgan fingerprint density at radius 2 is 1.77 bits per heavy atom. The third-order valence-electron chi connectivity index (χ3n) is 6.03. The lowest BCUT2D eigenvalue weighted by Gasteiger charge is -2.25. The average molecular weight is 406 g/mol.